The van der Waals surface area contributed by atoms with E-state index in [-0.39, 0.29) is 0 Å². The van der Waals surface area contributed by atoms with E-state index in [4.69, 9.17) is 35.5 Å². The molecule has 3 aromatic carbocycles. The average molecular weight is 609 g/mol. The summed E-state index contributed by atoms with van der Waals surface area (Å²) in [7, 11) is 14.3. The molecule has 0 saturated heterocycles. The Bertz CT molecular complexity index is 1560. The first-order chi connectivity index (χ1) is 19.4. The Morgan fingerprint density at radius 2 is 0.775 bits per heavy atom. The number of hydrogen-bond donors (Lipinski definition) is 0. The van der Waals surface area contributed by atoms with Gasteiger partial charge < -0.3 is 0 Å². The van der Waals surface area contributed by atoms with Crippen molar-refractivity contribution in [3.05, 3.63) is 126 Å². The molecule has 6 nitrogen and oxygen atoms in total. The van der Waals surface area contributed by atoms with E-state index in [0.717, 1.165) is 50.9 Å². The molecule has 0 N–H and O–H groups in total. The molecule has 0 aliphatic carbocycles. The minimum atomic E-state index is -2.34. The summed E-state index contributed by atoms with van der Waals surface area (Å²) < 4.78 is 4.44. The van der Waals surface area contributed by atoms with Gasteiger partial charge in [0.05, 0.1) is 0 Å². The molecule has 9 heteroatoms. The van der Waals surface area contributed by atoms with Gasteiger partial charge in [-0.3, -0.25) is 0 Å². The molecular weight excluding hydrogens is 582 g/mol. The number of aryl methyl sites for hydroxylation is 3. The van der Waals surface area contributed by atoms with Crippen LogP contribution >= 0.6 is 20.2 Å². The second-order valence-electron chi connectivity index (χ2n) is 9.60. The standard InChI is InChI=1S/C31H27N6.2ClH.Mn/c1-22-19-28(25-13-7-4-8-14-25)32-35(22)31(36-23(2)20-29(33-36)26-15-9-5-10-16-26)37-24(3)21-30(34-37)27-17-11-6-12-18-27;;;/h4-21H,1-3H3;2*1H;/q;;;+2/p-2. The van der Waals surface area contributed by atoms with Crippen LogP contribution in [0.3, 0.4) is 0 Å². The third-order valence-corrected chi connectivity index (χ3v) is 9.80. The molecule has 202 valence electrons. The topological polar surface area (TPSA) is 53.5 Å². The molecule has 0 aliphatic rings. The first-order valence-electron chi connectivity index (χ1n) is 12.8. The summed E-state index contributed by atoms with van der Waals surface area (Å²) in [5, 5.41) is 15.4. The quantitative estimate of drug-likeness (QED) is 0.174. The molecule has 0 bridgehead atoms. The van der Waals surface area contributed by atoms with Crippen molar-refractivity contribution in [1.29, 1.82) is 0 Å². The second-order valence-corrected chi connectivity index (χ2v) is 14.0. The van der Waals surface area contributed by atoms with Gasteiger partial charge in [0.2, 0.25) is 0 Å². The summed E-state index contributed by atoms with van der Waals surface area (Å²) in [4.78, 5) is 0. The fourth-order valence-electron chi connectivity index (χ4n) is 4.99. The minimum absolute atomic E-state index is 0.820. The number of aromatic nitrogens is 6. The van der Waals surface area contributed by atoms with Crippen molar-refractivity contribution in [2.75, 3.05) is 0 Å². The van der Waals surface area contributed by atoms with E-state index in [1.807, 2.05) is 126 Å². The molecule has 6 rings (SSSR count). The van der Waals surface area contributed by atoms with Crippen LogP contribution in [0.1, 0.15) is 17.1 Å². The summed E-state index contributed by atoms with van der Waals surface area (Å²) >= 11 is -2.34. The van der Waals surface area contributed by atoms with E-state index in [1.54, 1.807) is 0 Å². The number of hydrogen-bond acceptors (Lipinski definition) is 3. The van der Waals surface area contributed by atoms with Gasteiger partial charge in [-0.2, -0.15) is 0 Å². The maximum absolute atomic E-state index is 7.17. The van der Waals surface area contributed by atoms with Crippen molar-refractivity contribution in [2.45, 2.75) is 25.5 Å². The van der Waals surface area contributed by atoms with E-state index in [1.165, 1.54) is 0 Å². The normalized spacial score (nSPS) is 12.1. The molecule has 3 aromatic heterocycles. The summed E-state index contributed by atoms with van der Waals surface area (Å²) in [6.45, 7) is 6.04. The first kappa shape index (κ1) is 26.6. The Labute approximate surface area is 246 Å². The van der Waals surface area contributed by atoms with Gasteiger partial charge in [-0.1, -0.05) is 0 Å². The van der Waals surface area contributed by atoms with E-state index < -0.39 is 16.8 Å². The van der Waals surface area contributed by atoms with Crippen molar-refractivity contribution in [2.24, 2.45) is 0 Å². The van der Waals surface area contributed by atoms with Crippen molar-refractivity contribution < 1.29 is 12.1 Å². The molecule has 0 unspecified atom stereocenters. The number of halogens is 2. The molecule has 0 amide bonds. The molecule has 40 heavy (non-hydrogen) atoms. The van der Waals surface area contributed by atoms with E-state index in [9.17, 15) is 0 Å². The van der Waals surface area contributed by atoms with Crippen LogP contribution in [-0.2, 0) is 16.8 Å². The van der Waals surface area contributed by atoms with Gasteiger partial charge in [0.1, 0.15) is 0 Å². The van der Waals surface area contributed by atoms with Gasteiger partial charge in [0.15, 0.2) is 0 Å². The van der Waals surface area contributed by atoms with Crippen LogP contribution in [0.4, 0.5) is 0 Å². The predicted octanol–water partition coefficient (Wildman–Crippen LogP) is 7.79. The van der Waals surface area contributed by atoms with Crippen LogP contribution in [0.15, 0.2) is 109 Å². The zero-order chi connectivity index (χ0) is 27.9. The molecule has 0 fully saturated rings. The van der Waals surface area contributed by atoms with Crippen molar-refractivity contribution in [3.8, 4) is 33.8 Å². The van der Waals surface area contributed by atoms with Gasteiger partial charge in [0, 0.05) is 0 Å². The van der Waals surface area contributed by atoms with Crippen LogP contribution in [0.5, 0.6) is 0 Å². The van der Waals surface area contributed by atoms with Crippen LogP contribution in [0, 0.1) is 20.8 Å². The van der Waals surface area contributed by atoms with Crippen LogP contribution in [0.2, 0.25) is 0 Å². The third-order valence-electron chi connectivity index (χ3n) is 6.87. The SMILES string of the molecule is Cc1cc(-c2ccccc2)nn1[C](n1nc(-c2ccccc2)cc1C)(n1nc(-c2ccccc2)cc1C)[Mn]([Cl])[Cl]. The summed E-state index contributed by atoms with van der Waals surface area (Å²) in [6, 6.07) is 36.4. The maximum atomic E-state index is 7.17. The van der Waals surface area contributed by atoms with Gasteiger partial charge in [-0.15, -0.1) is 0 Å². The summed E-state index contributed by atoms with van der Waals surface area (Å²) in [5.74, 6) is 0. The van der Waals surface area contributed by atoms with Crippen molar-refractivity contribution in [3.63, 3.8) is 0 Å². The second kappa shape index (κ2) is 10.8. The predicted molar refractivity (Wildman–Crippen MR) is 158 cm³/mol. The molecule has 0 spiro atoms. The Hall–Kier alpha value is -3.61. The van der Waals surface area contributed by atoms with Gasteiger partial charge in [0.25, 0.3) is 0 Å². The molecule has 0 radical (unpaired) electrons. The van der Waals surface area contributed by atoms with Crippen molar-refractivity contribution in [1.82, 2.24) is 29.3 Å². The summed E-state index contributed by atoms with van der Waals surface area (Å²) in [5.41, 5.74) is 8.12. The number of rotatable bonds is 7. The average Bonchev–Trinajstić information content (AvgIpc) is 3.68. The van der Waals surface area contributed by atoms with Gasteiger partial charge in [-0.05, 0) is 0 Å². The molecular formula is C31H27Cl2MnN6. The zero-order valence-electron chi connectivity index (χ0n) is 22.2. The zero-order valence-corrected chi connectivity index (χ0v) is 24.9. The molecule has 0 atom stereocenters. The number of benzene rings is 3. The van der Waals surface area contributed by atoms with E-state index in [0.29, 0.717) is 0 Å². The Morgan fingerprint density at radius 3 is 1.02 bits per heavy atom. The molecule has 0 aliphatic heterocycles. The van der Waals surface area contributed by atoms with Crippen LogP contribution in [-0.4, -0.2) is 29.3 Å². The van der Waals surface area contributed by atoms with Crippen LogP contribution < -0.4 is 0 Å². The van der Waals surface area contributed by atoms with Gasteiger partial charge in [-0.25, -0.2) is 0 Å². The fraction of sp³-hybridized carbons (Fsp3) is 0.129. The van der Waals surface area contributed by atoms with Crippen molar-refractivity contribution >= 4 is 20.2 Å². The first-order valence-corrected chi connectivity index (χ1v) is 16.6. The number of nitrogens with zero attached hydrogens (tertiary/aromatic N) is 6. The Balaban J connectivity index is 1.65. The van der Waals surface area contributed by atoms with Crippen LogP contribution in [0.25, 0.3) is 33.8 Å². The monoisotopic (exact) mass is 608 g/mol. The Kier molecular flexibility index (Phi) is 7.15. The molecule has 3 heterocycles. The van der Waals surface area contributed by atoms with Gasteiger partial charge >= 0.3 is 247 Å². The van der Waals surface area contributed by atoms with E-state index >= 15 is 0 Å². The molecule has 0 saturated carbocycles. The Morgan fingerprint density at radius 1 is 0.500 bits per heavy atom. The third kappa shape index (κ3) is 4.49. The summed E-state index contributed by atoms with van der Waals surface area (Å²) in [6.07, 6.45) is 0. The van der Waals surface area contributed by atoms with E-state index in [2.05, 4.69) is 18.2 Å². The molecule has 6 aromatic rings. The fourth-order valence-corrected chi connectivity index (χ4v) is 7.85.